The molecule has 1 aromatic rings. The lowest BCUT2D eigenvalue weighted by molar-refractivity contribution is -0.149. The van der Waals surface area contributed by atoms with E-state index in [0.717, 1.165) is 0 Å². The number of thioether (sulfide) groups is 1. The molecule has 116 valence electrons. The molecule has 0 aliphatic rings. The first kappa shape index (κ1) is 17.6. The monoisotopic (exact) mass is 318 g/mol. The topological polar surface area (TPSA) is 26.3 Å². The Kier molecular flexibility index (Phi) is 5.89. The summed E-state index contributed by atoms with van der Waals surface area (Å²) < 4.78 is 42.2. The fourth-order valence-corrected chi connectivity index (χ4v) is 1.93. The molecule has 0 radical (unpaired) electrons. The third-order valence-corrected chi connectivity index (χ3v) is 2.98. The maximum absolute atomic E-state index is 12.3. The third-order valence-electron chi connectivity index (χ3n) is 2.19. The van der Waals surface area contributed by atoms with Crippen molar-refractivity contribution < 1.29 is 22.7 Å². The number of carbonyl (C=O) groups excluding carboxylic acids is 1. The van der Waals surface area contributed by atoms with Crippen molar-refractivity contribution in [3.63, 3.8) is 0 Å². The standard InChI is InChI=1S/C15H17F3O2S/c1-14(2,3)20-13(19)12(10-21-15(16,17)18)9-11-7-5-4-6-8-11/h4-9H,10H2,1-3H3/b12-9+. The summed E-state index contributed by atoms with van der Waals surface area (Å²) in [6, 6.07) is 8.70. The van der Waals surface area contributed by atoms with Crippen LogP contribution in [0.25, 0.3) is 6.08 Å². The molecule has 2 nitrogen and oxygen atoms in total. The molecule has 0 N–H and O–H groups in total. The molecule has 0 saturated heterocycles. The minimum Gasteiger partial charge on any atom is -0.457 e. The maximum Gasteiger partial charge on any atom is 0.442 e. The number of alkyl halides is 3. The van der Waals surface area contributed by atoms with Gasteiger partial charge in [0.2, 0.25) is 0 Å². The number of rotatable bonds is 4. The van der Waals surface area contributed by atoms with Crippen LogP contribution in [0.5, 0.6) is 0 Å². The molecule has 0 heterocycles. The molecule has 6 heteroatoms. The van der Waals surface area contributed by atoms with Crippen LogP contribution in [-0.2, 0) is 9.53 Å². The fraction of sp³-hybridized carbons (Fsp3) is 0.400. The molecule has 0 atom stereocenters. The van der Waals surface area contributed by atoms with Gasteiger partial charge in [0.05, 0.1) is 0 Å². The first-order valence-corrected chi connectivity index (χ1v) is 7.25. The van der Waals surface area contributed by atoms with E-state index in [9.17, 15) is 18.0 Å². The van der Waals surface area contributed by atoms with Crippen molar-refractivity contribution in [2.75, 3.05) is 5.75 Å². The van der Waals surface area contributed by atoms with Crippen LogP contribution in [0.2, 0.25) is 0 Å². The van der Waals surface area contributed by atoms with Gasteiger partial charge in [-0.2, -0.15) is 13.2 Å². The molecule has 0 spiro atoms. The van der Waals surface area contributed by atoms with Crippen molar-refractivity contribution in [1.82, 2.24) is 0 Å². The lowest BCUT2D eigenvalue weighted by Crippen LogP contribution is -2.25. The van der Waals surface area contributed by atoms with E-state index >= 15 is 0 Å². The van der Waals surface area contributed by atoms with Crippen LogP contribution < -0.4 is 0 Å². The van der Waals surface area contributed by atoms with Crippen molar-refractivity contribution in [2.24, 2.45) is 0 Å². The molecule has 0 saturated carbocycles. The van der Waals surface area contributed by atoms with Crippen molar-refractivity contribution in [3.8, 4) is 0 Å². The fourth-order valence-electron chi connectivity index (χ4n) is 1.41. The molecular formula is C15H17F3O2S. The van der Waals surface area contributed by atoms with E-state index in [1.54, 1.807) is 51.1 Å². The van der Waals surface area contributed by atoms with E-state index in [1.165, 1.54) is 6.08 Å². The van der Waals surface area contributed by atoms with Gasteiger partial charge in [-0.3, -0.25) is 0 Å². The van der Waals surface area contributed by atoms with Crippen molar-refractivity contribution in [1.29, 1.82) is 0 Å². The van der Waals surface area contributed by atoms with Crippen molar-refractivity contribution >= 4 is 23.8 Å². The van der Waals surface area contributed by atoms with Crippen LogP contribution in [0, 0.1) is 0 Å². The Morgan fingerprint density at radius 3 is 2.24 bits per heavy atom. The molecular weight excluding hydrogens is 301 g/mol. The maximum atomic E-state index is 12.3. The normalized spacial score (nSPS) is 13.1. The third kappa shape index (κ3) is 7.80. The predicted octanol–water partition coefficient (Wildman–Crippen LogP) is 4.66. The van der Waals surface area contributed by atoms with E-state index in [0.29, 0.717) is 5.56 Å². The van der Waals surface area contributed by atoms with E-state index < -0.39 is 22.8 Å². The summed E-state index contributed by atoms with van der Waals surface area (Å²) in [5.74, 6) is -1.21. The van der Waals surface area contributed by atoms with Crippen LogP contribution >= 0.6 is 11.8 Å². The summed E-state index contributed by atoms with van der Waals surface area (Å²) in [7, 11) is 0. The van der Waals surface area contributed by atoms with Crippen LogP contribution in [0.4, 0.5) is 13.2 Å². The lowest BCUT2D eigenvalue weighted by Gasteiger charge is -2.20. The van der Waals surface area contributed by atoms with Gasteiger partial charge in [-0.25, -0.2) is 4.79 Å². The van der Waals surface area contributed by atoms with Crippen LogP contribution in [0.1, 0.15) is 26.3 Å². The summed E-state index contributed by atoms with van der Waals surface area (Å²) >= 11 is -0.254. The minimum atomic E-state index is -4.39. The highest BCUT2D eigenvalue weighted by molar-refractivity contribution is 8.00. The van der Waals surface area contributed by atoms with Gasteiger partial charge < -0.3 is 4.74 Å². The first-order valence-electron chi connectivity index (χ1n) is 6.26. The molecule has 0 unspecified atom stereocenters. The van der Waals surface area contributed by atoms with Gasteiger partial charge in [0.15, 0.2) is 0 Å². The molecule has 0 fully saturated rings. The molecule has 0 bridgehead atoms. The second-order valence-electron chi connectivity index (χ2n) is 5.32. The smallest absolute Gasteiger partial charge is 0.442 e. The van der Waals surface area contributed by atoms with Gasteiger partial charge in [0.1, 0.15) is 5.60 Å². The Bertz CT molecular complexity index is 502. The Balaban J connectivity index is 2.94. The van der Waals surface area contributed by atoms with Crippen LogP contribution in [0.15, 0.2) is 35.9 Å². The van der Waals surface area contributed by atoms with Gasteiger partial charge >= 0.3 is 11.5 Å². The average molecular weight is 318 g/mol. The van der Waals surface area contributed by atoms with Crippen LogP contribution in [0.3, 0.4) is 0 Å². The first-order chi connectivity index (χ1) is 9.57. The summed E-state index contributed by atoms with van der Waals surface area (Å²) in [6.07, 6.45) is 1.42. The Morgan fingerprint density at radius 1 is 1.19 bits per heavy atom. The number of hydrogen-bond donors (Lipinski definition) is 0. The van der Waals surface area contributed by atoms with Gasteiger partial charge in [-0.15, -0.1) is 0 Å². The highest BCUT2D eigenvalue weighted by Gasteiger charge is 2.30. The Morgan fingerprint density at radius 2 is 1.76 bits per heavy atom. The van der Waals surface area contributed by atoms with Crippen LogP contribution in [-0.4, -0.2) is 22.8 Å². The number of halogens is 3. The van der Waals surface area contributed by atoms with E-state index in [2.05, 4.69) is 0 Å². The highest BCUT2D eigenvalue weighted by atomic mass is 32.2. The summed E-state index contributed by atoms with van der Waals surface area (Å²) in [5, 5.41) is 0. The molecule has 0 aliphatic carbocycles. The zero-order valence-corrected chi connectivity index (χ0v) is 12.8. The largest absolute Gasteiger partial charge is 0.457 e. The molecule has 21 heavy (non-hydrogen) atoms. The number of carbonyl (C=O) groups is 1. The van der Waals surface area contributed by atoms with Gasteiger partial charge in [0, 0.05) is 11.3 Å². The number of hydrogen-bond acceptors (Lipinski definition) is 3. The number of esters is 1. The molecule has 0 amide bonds. The predicted molar refractivity (Wildman–Crippen MR) is 78.8 cm³/mol. The minimum absolute atomic E-state index is 0.0153. The zero-order chi connectivity index (χ0) is 16.1. The Labute approximate surface area is 126 Å². The quantitative estimate of drug-likeness (QED) is 0.596. The van der Waals surface area contributed by atoms with Crippen molar-refractivity contribution in [3.05, 3.63) is 41.5 Å². The second kappa shape index (κ2) is 7.02. The SMILES string of the molecule is CC(C)(C)OC(=O)/C(=C/c1ccccc1)CSC(F)(F)F. The summed E-state index contributed by atoms with van der Waals surface area (Å²) in [4.78, 5) is 12.0. The van der Waals surface area contributed by atoms with E-state index in [4.69, 9.17) is 4.74 Å². The summed E-state index contributed by atoms with van der Waals surface area (Å²) in [6.45, 7) is 5.01. The molecule has 1 aromatic carbocycles. The van der Waals surface area contributed by atoms with Gasteiger partial charge in [0.25, 0.3) is 0 Å². The number of benzene rings is 1. The average Bonchev–Trinajstić information content (AvgIpc) is 2.32. The highest BCUT2D eigenvalue weighted by Crippen LogP contribution is 2.32. The number of ether oxygens (including phenoxy) is 1. The molecule has 0 aliphatic heterocycles. The zero-order valence-electron chi connectivity index (χ0n) is 12.0. The molecule has 0 aromatic heterocycles. The molecule has 1 rings (SSSR count). The van der Waals surface area contributed by atoms with E-state index in [-0.39, 0.29) is 17.3 Å². The van der Waals surface area contributed by atoms with E-state index in [1.807, 2.05) is 0 Å². The Hall–Kier alpha value is -1.43. The summed E-state index contributed by atoms with van der Waals surface area (Å²) in [5.41, 5.74) is -4.51. The second-order valence-corrected chi connectivity index (χ2v) is 6.36. The van der Waals surface area contributed by atoms with Gasteiger partial charge in [-0.05, 0) is 44.2 Å². The van der Waals surface area contributed by atoms with Crippen molar-refractivity contribution in [2.45, 2.75) is 31.9 Å². The van der Waals surface area contributed by atoms with Gasteiger partial charge in [-0.1, -0.05) is 30.3 Å². The lowest BCUT2D eigenvalue weighted by atomic mass is 10.1.